The molecule has 1 aromatic carbocycles. The fraction of sp³-hybridized carbons (Fsp3) is 0.235. The van der Waals surface area contributed by atoms with Crippen LogP contribution in [0.1, 0.15) is 10.4 Å². The highest BCUT2D eigenvalue weighted by atomic mass is 16.5. The lowest BCUT2D eigenvalue weighted by Crippen LogP contribution is -2.23. The van der Waals surface area contributed by atoms with Crippen LogP contribution in [0.3, 0.4) is 0 Å². The van der Waals surface area contributed by atoms with Gasteiger partial charge in [-0.25, -0.2) is 9.97 Å². The lowest BCUT2D eigenvalue weighted by atomic mass is 10.3. The zero-order valence-corrected chi connectivity index (χ0v) is 13.5. The maximum atomic E-state index is 11.7. The molecular formula is C17H20N4O3. The summed E-state index contributed by atoms with van der Waals surface area (Å²) in [4.78, 5) is 19.9. The van der Waals surface area contributed by atoms with Crippen LogP contribution in [0.25, 0.3) is 0 Å². The van der Waals surface area contributed by atoms with E-state index in [-0.39, 0.29) is 5.91 Å². The predicted octanol–water partition coefficient (Wildman–Crippen LogP) is 1.89. The highest BCUT2D eigenvalue weighted by molar-refractivity contribution is 5.93. The maximum Gasteiger partial charge on any atom is 0.254 e. The molecule has 0 spiro atoms. The molecule has 0 radical (unpaired) electrons. The topological polar surface area (TPSA) is 85.4 Å². The van der Waals surface area contributed by atoms with Crippen molar-refractivity contribution in [2.75, 3.05) is 32.1 Å². The Morgan fingerprint density at radius 2 is 1.88 bits per heavy atom. The fourth-order valence-corrected chi connectivity index (χ4v) is 1.81. The van der Waals surface area contributed by atoms with E-state index in [2.05, 4.69) is 27.2 Å². The van der Waals surface area contributed by atoms with E-state index in [1.165, 1.54) is 12.4 Å². The number of benzene rings is 1. The largest absolute Gasteiger partial charge is 0.497 e. The molecule has 0 aliphatic heterocycles. The van der Waals surface area contributed by atoms with Crippen molar-refractivity contribution in [2.24, 2.45) is 0 Å². The fourth-order valence-electron chi connectivity index (χ4n) is 1.81. The first-order chi connectivity index (χ1) is 11.7. The Balaban J connectivity index is 1.73. The van der Waals surface area contributed by atoms with E-state index >= 15 is 0 Å². The highest BCUT2D eigenvalue weighted by Gasteiger charge is 2.05. The molecule has 0 saturated heterocycles. The number of anilines is 1. The molecule has 0 unspecified atom stereocenters. The van der Waals surface area contributed by atoms with Crippen LogP contribution in [-0.2, 0) is 0 Å². The minimum Gasteiger partial charge on any atom is -0.497 e. The Kier molecular flexibility index (Phi) is 6.58. The standard InChI is InChI=1S/C17H20N4O3/c1-3-8-18-16(22)13-11-20-17(21-12-13)19-9-10-24-15-6-4-14(23-2)5-7-15/h3-7,11-12H,1,8-10H2,2H3,(H,18,22)(H,19,20,21). The number of carbonyl (C=O) groups is 1. The number of carbonyl (C=O) groups excluding carboxylic acids is 1. The zero-order chi connectivity index (χ0) is 17.2. The van der Waals surface area contributed by atoms with Crippen LogP contribution in [-0.4, -0.2) is 42.7 Å². The van der Waals surface area contributed by atoms with E-state index in [1.807, 2.05) is 24.3 Å². The molecule has 1 amide bonds. The second-order valence-corrected chi connectivity index (χ2v) is 4.74. The zero-order valence-electron chi connectivity index (χ0n) is 13.5. The molecule has 0 saturated carbocycles. The first kappa shape index (κ1) is 17.3. The van der Waals surface area contributed by atoms with Gasteiger partial charge in [-0.2, -0.15) is 0 Å². The summed E-state index contributed by atoms with van der Waals surface area (Å²) >= 11 is 0. The summed E-state index contributed by atoms with van der Waals surface area (Å²) in [5.41, 5.74) is 0.400. The lowest BCUT2D eigenvalue weighted by Gasteiger charge is -2.08. The van der Waals surface area contributed by atoms with Crippen LogP contribution in [0.15, 0.2) is 49.3 Å². The van der Waals surface area contributed by atoms with Gasteiger partial charge in [0.2, 0.25) is 5.95 Å². The molecular weight excluding hydrogens is 308 g/mol. The number of nitrogens with zero attached hydrogens (tertiary/aromatic N) is 2. The molecule has 0 bridgehead atoms. The summed E-state index contributed by atoms with van der Waals surface area (Å²) in [5, 5.41) is 5.69. The maximum absolute atomic E-state index is 11.7. The summed E-state index contributed by atoms with van der Waals surface area (Å²) in [6.45, 7) is 4.93. The third kappa shape index (κ3) is 5.28. The average molecular weight is 328 g/mol. The monoisotopic (exact) mass is 328 g/mol. The molecule has 2 aromatic rings. The molecule has 7 heteroatoms. The van der Waals surface area contributed by atoms with E-state index in [9.17, 15) is 4.79 Å². The van der Waals surface area contributed by atoms with Crippen LogP contribution in [0.4, 0.5) is 5.95 Å². The van der Waals surface area contributed by atoms with Gasteiger partial charge in [0.25, 0.3) is 5.91 Å². The first-order valence-corrected chi connectivity index (χ1v) is 7.45. The molecule has 0 atom stereocenters. The summed E-state index contributed by atoms with van der Waals surface area (Å²) in [5.74, 6) is 1.75. The van der Waals surface area contributed by atoms with Crippen LogP contribution in [0.2, 0.25) is 0 Å². The molecule has 0 aliphatic rings. The lowest BCUT2D eigenvalue weighted by molar-refractivity contribution is 0.0957. The number of rotatable bonds is 9. The third-order valence-corrected chi connectivity index (χ3v) is 3.03. The van der Waals surface area contributed by atoms with Crippen LogP contribution < -0.4 is 20.1 Å². The van der Waals surface area contributed by atoms with E-state index in [1.54, 1.807) is 13.2 Å². The molecule has 1 aromatic heterocycles. The number of aromatic nitrogens is 2. The van der Waals surface area contributed by atoms with E-state index in [0.29, 0.717) is 31.2 Å². The van der Waals surface area contributed by atoms with Crippen molar-refractivity contribution in [3.05, 3.63) is 54.9 Å². The van der Waals surface area contributed by atoms with Gasteiger partial charge in [-0.1, -0.05) is 6.08 Å². The van der Waals surface area contributed by atoms with Gasteiger partial charge < -0.3 is 20.1 Å². The van der Waals surface area contributed by atoms with Gasteiger partial charge in [-0.15, -0.1) is 6.58 Å². The second kappa shape index (κ2) is 9.14. The Hall–Kier alpha value is -3.09. The minimum atomic E-state index is -0.232. The van der Waals surface area contributed by atoms with Gasteiger partial charge in [-0.05, 0) is 24.3 Å². The van der Waals surface area contributed by atoms with E-state index in [0.717, 1.165) is 11.5 Å². The Labute approximate surface area is 140 Å². The van der Waals surface area contributed by atoms with Crippen molar-refractivity contribution in [2.45, 2.75) is 0 Å². The second-order valence-electron chi connectivity index (χ2n) is 4.74. The van der Waals surface area contributed by atoms with Crippen molar-refractivity contribution >= 4 is 11.9 Å². The number of hydrogen-bond donors (Lipinski definition) is 2. The number of ether oxygens (including phenoxy) is 2. The van der Waals surface area contributed by atoms with Gasteiger partial charge in [-0.3, -0.25) is 4.79 Å². The Morgan fingerprint density at radius 3 is 2.50 bits per heavy atom. The van der Waals surface area contributed by atoms with Crippen molar-refractivity contribution in [3.8, 4) is 11.5 Å². The Morgan fingerprint density at radius 1 is 1.21 bits per heavy atom. The SMILES string of the molecule is C=CCNC(=O)c1cnc(NCCOc2ccc(OC)cc2)nc1. The number of nitrogens with one attached hydrogen (secondary N) is 2. The molecule has 0 fully saturated rings. The molecule has 0 aliphatic carbocycles. The van der Waals surface area contributed by atoms with Gasteiger partial charge in [0, 0.05) is 18.9 Å². The smallest absolute Gasteiger partial charge is 0.254 e. The summed E-state index contributed by atoms with van der Waals surface area (Å²) < 4.78 is 10.7. The van der Waals surface area contributed by atoms with Crippen LogP contribution >= 0.6 is 0 Å². The van der Waals surface area contributed by atoms with Crippen LogP contribution in [0, 0.1) is 0 Å². The summed E-state index contributed by atoms with van der Waals surface area (Å²) in [6.07, 6.45) is 4.55. The quantitative estimate of drug-likeness (QED) is 0.540. The minimum absolute atomic E-state index is 0.232. The van der Waals surface area contributed by atoms with Gasteiger partial charge in [0.15, 0.2) is 0 Å². The first-order valence-electron chi connectivity index (χ1n) is 7.45. The Bertz CT molecular complexity index is 657. The number of hydrogen-bond acceptors (Lipinski definition) is 6. The van der Waals surface area contributed by atoms with Crippen molar-refractivity contribution in [3.63, 3.8) is 0 Å². The highest BCUT2D eigenvalue weighted by Crippen LogP contribution is 2.16. The van der Waals surface area contributed by atoms with Crippen molar-refractivity contribution < 1.29 is 14.3 Å². The van der Waals surface area contributed by atoms with Gasteiger partial charge in [0.1, 0.15) is 18.1 Å². The molecule has 24 heavy (non-hydrogen) atoms. The summed E-state index contributed by atoms with van der Waals surface area (Å²) in [7, 11) is 1.62. The van der Waals surface area contributed by atoms with Crippen molar-refractivity contribution in [1.29, 1.82) is 0 Å². The van der Waals surface area contributed by atoms with E-state index < -0.39 is 0 Å². The predicted molar refractivity (Wildman–Crippen MR) is 91.5 cm³/mol. The van der Waals surface area contributed by atoms with E-state index in [4.69, 9.17) is 9.47 Å². The molecule has 7 nitrogen and oxygen atoms in total. The molecule has 1 heterocycles. The van der Waals surface area contributed by atoms with Crippen molar-refractivity contribution in [1.82, 2.24) is 15.3 Å². The molecule has 2 rings (SSSR count). The average Bonchev–Trinajstić information content (AvgIpc) is 2.64. The molecule has 2 N–H and O–H groups in total. The number of amides is 1. The van der Waals surface area contributed by atoms with Crippen LogP contribution in [0.5, 0.6) is 11.5 Å². The number of methoxy groups -OCH3 is 1. The van der Waals surface area contributed by atoms with Gasteiger partial charge in [0.05, 0.1) is 19.2 Å². The molecule has 126 valence electrons. The summed E-state index contributed by atoms with van der Waals surface area (Å²) in [6, 6.07) is 7.35. The normalized spacial score (nSPS) is 9.88. The third-order valence-electron chi connectivity index (χ3n) is 3.03. The van der Waals surface area contributed by atoms with Gasteiger partial charge >= 0.3 is 0 Å².